The van der Waals surface area contributed by atoms with Crippen molar-refractivity contribution in [1.29, 1.82) is 5.26 Å². The SMILES string of the molecule is CCOCCN=C(NC#N)N1CC(N2CCCC2=O)C(c2ccc(Cl)s2)=N1. The molecule has 0 spiro atoms. The Morgan fingerprint density at radius 1 is 1.59 bits per heavy atom. The van der Waals surface area contributed by atoms with Gasteiger partial charge in [-0.1, -0.05) is 11.6 Å². The highest BCUT2D eigenvalue weighted by molar-refractivity contribution is 7.18. The first kappa shape index (κ1) is 19.6. The van der Waals surface area contributed by atoms with Crippen LogP contribution < -0.4 is 5.32 Å². The van der Waals surface area contributed by atoms with Gasteiger partial charge >= 0.3 is 0 Å². The van der Waals surface area contributed by atoms with Crippen LogP contribution in [0.3, 0.4) is 0 Å². The van der Waals surface area contributed by atoms with E-state index >= 15 is 0 Å². The minimum Gasteiger partial charge on any atom is -0.380 e. The van der Waals surface area contributed by atoms with Gasteiger partial charge in [0.1, 0.15) is 5.71 Å². The van der Waals surface area contributed by atoms with Crippen molar-refractivity contribution in [2.45, 2.75) is 25.8 Å². The van der Waals surface area contributed by atoms with Crippen LogP contribution in [0.15, 0.2) is 22.2 Å². The summed E-state index contributed by atoms with van der Waals surface area (Å²) in [7, 11) is 0. The van der Waals surface area contributed by atoms with Crippen LogP contribution in [0.25, 0.3) is 0 Å². The van der Waals surface area contributed by atoms with Crippen molar-refractivity contribution >= 4 is 40.5 Å². The number of aliphatic imine (C=N–C) groups is 1. The fourth-order valence-corrected chi connectivity index (χ4v) is 4.20. The first-order chi connectivity index (χ1) is 13.1. The van der Waals surface area contributed by atoms with E-state index in [1.54, 1.807) is 5.01 Å². The number of thiophene rings is 1. The summed E-state index contributed by atoms with van der Waals surface area (Å²) in [6, 6.07) is 3.54. The molecule has 2 aliphatic heterocycles. The molecule has 1 aromatic rings. The van der Waals surface area contributed by atoms with Gasteiger partial charge in [-0.25, -0.2) is 10.0 Å². The van der Waals surface area contributed by atoms with Crippen LogP contribution in [0.2, 0.25) is 4.34 Å². The summed E-state index contributed by atoms with van der Waals surface area (Å²) in [5.41, 5.74) is 0.777. The van der Waals surface area contributed by atoms with Crippen molar-refractivity contribution in [3.63, 3.8) is 0 Å². The second-order valence-electron chi connectivity index (χ2n) is 6.02. The lowest BCUT2D eigenvalue weighted by molar-refractivity contribution is -0.128. The Labute approximate surface area is 167 Å². The number of nitriles is 1. The van der Waals surface area contributed by atoms with Gasteiger partial charge in [0.25, 0.3) is 0 Å². The molecule has 0 saturated carbocycles. The number of halogens is 1. The quantitative estimate of drug-likeness (QED) is 0.255. The number of hydrogen-bond donors (Lipinski definition) is 1. The Hall–Kier alpha value is -2.15. The van der Waals surface area contributed by atoms with Gasteiger partial charge < -0.3 is 9.64 Å². The molecule has 27 heavy (non-hydrogen) atoms. The number of hydrogen-bond acceptors (Lipinski definition) is 6. The number of carbonyl (C=O) groups excluding carboxylic acids is 1. The number of guanidine groups is 1. The van der Waals surface area contributed by atoms with Crippen LogP contribution in [-0.4, -0.2) is 66.4 Å². The van der Waals surface area contributed by atoms with Gasteiger partial charge in [-0.05, 0) is 25.5 Å². The van der Waals surface area contributed by atoms with E-state index in [1.807, 2.05) is 30.1 Å². The normalized spacial score (nSPS) is 20.2. The number of amides is 1. The van der Waals surface area contributed by atoms with Gasteiger partial charge in [0, 0.05) is 19.6 Å². The van der Waals surface area contributed by atoms with Crippen LogP contribution in [0.5, 0.6) is 0 Å². The first-order valence-electron chi connectivity index (χ1n) is 8.82. The molecule has 2 aliphatic rings. The number of carbonyl (C=O) groups is 1. The summed E-state index contributed by atoms with van der Waals surface area (Å²) in [6.45, 7) is 4.56. The second kappa shape index (κ2) is 9.17. The summed E-state index contributed by atoms with van der Waals surface area (Å²) >= 11 is 7.52. The summed E-state index contributed by atoms with van der Waals surface area (Å²) in [6.07, 6.45) is 3.31. The molecule has 0 radical (unpaired) electrons. The van der Waals surface area contributed by atoms with Gasteiger partial charge in [-0.2, -0.15) is 10.4 Å². The number of rotatable bonds is 6. The fourth-order valence-electron chi connectivity index (χ4n) is 3.13. The largest absolute Gasteiger partial charge is 0.380 e. The molecule has 1 aromatic heterocycles. The van der Waals surface area contributed by atoms with E-state index in [9.17, 15) is 4.79 Å². The maximum Gasteiger partial charge on any atom is 0.228 e. The molecule has 0 bridgehead atoms. The molecule has 8 nitrogen and oxygen atoms in total. The van der Waals surface area contributed by atoms with Gasteiger partial charge in [0.05, 0.1) is 35.0 Å². The maximum absolute atomic E-state index is 12.3. The van der Waals surface area contributed by atoms with E-state index in [0.717, 1.165) is 17.0 Å². The van der Waals surface area contributed by atoms with Crippen LogP contribution in [0.4, 0.5) is 0 Å². The summed E-state index contributed by atoms with van der Waals surface area (Å²) in [5, 5.41) is 18.0. The number of nitrogens with zero attached hydrogens (tertiary/aromatic N) is 5. The van der Waals surface area contributed by atoms with E-state index in [1.165, 1.54) is 11.3 Å². The molecular formula is C17H21ClN6O2S. The van der Waals surface area contributed by atoms with E-state index in [4.69, 9.17) is 21.6 Å². The Balaban J connectivity index is 1.86. The molecule has 1 saturated heterocycles. The van der Waals surface area contributed by atoms with Crippen molar-refractivity contribution in [3.05, 3.63) is 21.3 Å². The predicted molar refractivity (Wildman–Crippen MR) is 105 cm³/mol. The zero-order valence-electron chi connectivity index (χ0n) is 15.0. The molecule has 1 unspecified atom stereocenters. The Kier molecular flexibility index (Phi) is 6.66. The molecule has 1 atom stereocenters. The molecule has 3 heterocycles. The molecule has 1 N–H and O–H groups in total. The molecule has 1 fully saturated rings. The summed E-state index contributed by atoms with van der Waals surface area (Å²) in [4.78, 5) is 19.5. The highest BCUT2D eigenvalue weighted by Gasteiger charge is 2.39. The van der Waals surface area contributed by atoms with Crippen LogP contribution in [-0.2, 0) is 9.53 Å². The van der Waals surface area contributed by atoms with Crippen molar-refractivity contribution in [1.82, 2.24) is 15.2 Å². The fraction of sp³-hybridized carbons (Fsp3) is 0.529. The summed E-state index contributed by atoms with van der Waals surface area (Å²) in [5.74, 6) is 0.479. The van der Waals surface area contributed by atoms with Crippen LogP contribution in [0.1, 0.15) is 24.6 Å². The van der Waals surface area contributed by atoms with Crippen molar-refractivity contribution in [3.8, 4) is 6.19 Å². The third-order valence-electron chi connectivity index (χ3n) is 4.32. The first-order valence-corrected chi connectivity index (χ1v) is 10.0. The number of hydrazone groups is 1. The maximum atomic E-state index is 12.3. The Bertz CT molecular complexity index is 787. The molecule has 0 aliphatic carbocycles. The number of likely N-dealkylation sites (tertiary alicyclic amines) is 1. The van der Waals surface area contributed by atoms with Gasteiger partial charge in [0.2, 0.25) is 11.9 Å². The zero-order valence-corrected chi connectivity index (χ0v) is 16.6. The minimum absolute atomic E-state index is 0.125. The lowest BCUT2D eigenvalue weighted by Crippen LogP contribution is -2.45. The minimum atomic E-state index is -0.188. The molecule has 1 amide bonds. The Morgan fingerprint density at radius 2 is 2.44 bits per heavy atom. The lowest BCUT2D eigenvalue weighted by atomic mass is 10.1. The highest BCUT2D eigenvalue weighted by Crippen LogP contribution is 2.29. The van der Waals surface area contributed by atoms with Gasteiger partial charge in [0.15, 0.2) is 6.19 Å². The van der Waals surface area contributed by atoms with E-state index in [2.05, 4.69) is 15.4 Å². The smallest absolute Gasteiger partial charge is 0.228 e. The van der Waals surface area contributed by atoms with E-state index < -0.39 is 0 Å². The molecule has 0 aromatic carbocycles. The monoisotopic (exact) mass is 408 g/mol. The lowest BCUT2D eigenvalue weighted by Gasteiger charge is -2.25. The van der Waals surface area contributed by atoms with Crippen molar-refractivity contribution in [2.75, 3.05) is 32.8 Å². The Morgan fingerprint density at radius 3 is 3.07 bits per heavy atom. The zero-order chi connectivity index (χ0) is 19.2. The topological polar surface area (TPSA) is 93.3 Å². The standard InChI is InChI=1S/C17H21ClN6O2S/c1-2-26-9-7-20-17(21-11-19)24-10-12(23-8-3-4-15(23)25)16(22-24)13-5-6-14(18)27-13/h5-6,12H,2-4,7-10H2,1H3,(H,20,21). The van der Waals surface area contributed by atoms with Crippen molar-refractivity contribution in [2.24, 2.45) is 10.1 Å². The second-order valence-corrected chi connectivity index (χ2v) is 7.73. The van der Waals surface area contributed by atoms with E-state index in [0.29, 0.717) is 49.6 Å². The van der Waals surface area contributed by atoms with Crippen LogP contribution in [0, 0.1) is 11.5 Å². The van der Waals surface area contributed by atoms with Crippen molar-refractivity contribution < 1.29 is 9.53 Å². The predicted octanol–water partition coefficient (Wildman–Crippen LogP) is 1.88. The van der Waals surface area contributed by atoms with Gasteiger partial charge in [-0.3, -0.25) is 10.1 Å². The molecule has 144 valence electrons. The third-order valence-corrected chi connectivity index (χ3v) is 5.57. The third kappa shape index (κ3) is 4.58. The van der Waals surface area contributed by atoms with Gasteiger partial charge in [-0.15, -0.1) is 11.3 Å². The summed E-state index contributed by atoms with van der Waals surface area (Å²) < 4.78 is 5.96. The molecular weight excluding hydrogens is 388 g/mol. The highest BCUT2D eigenvalue weighted by atomic mass is 35.5. The molecule has 10 heteroatoms. The van der Waals surface area contributed by atoms with Crippen LogP contribution >= 0.6 is 22.9 Å². The number of nitrogens with one attached hydrogen (secondary N) is 1. The average molecular weight is 409 g/mol. The number of ether oxygens (including phenoxy) is 1. The van der Waals surface area contributed by atoms with E-state index in [-0.39, 0.29) is 11.9 Å². The average Bonchev–Trinajstić information content (AvgIpc) is 3.37. The molecule has 3 rings (SSSR count).